The molecule has 3 rings (SSSR count). The number of amides is 2. The molecule has 1 aliphatic rings. The van der Waals surface area contributed by atoms with Crippen molar-refractivity contribution < 1.29 is 9.59 Å². The van der Waals surface area contributed by atoms with Gasteiger partial charge in [0.15, 0.2) is 0 Å². The minimum absolute atomic E-state index is 0.0930. The van der Waals surface area contributed by atoms with E-state index < -0.39 is 0 Å². The van der Waals surface area contributed by atoms with Gasteiger partial charge >= 0.3 is 0 Å². The third-order valence-corrected chi connectivity index (χ3v) is 4.24. The van der Waals surface area contributed by atoms with E-state index in [1.165, 1.54) is 0 Å². The maximum absolute atomic E-state index is 12.4. The quantitative estimate of drug-likeness (QED) is 0.741. The molecule has 1 aliphatic heterocycles. The van der Waals surface area contributed by atoms with Crippen LogP contribution in [0.4, 0.5) is 5.69 Å². The number of anilines is 1. The van der Waals surface area contributed by atoms with E-state index in [0.29, 0.717) is 24.2 Å². The molecule has 25 heavy (non-hydrogen) atoms. The van der Waals surface area contributed by atoms with Crippen LogP contribution in [0.25, 0.3) is 0 Å². The van der Waals surface area contributed by atoms with E-state index in [2.05, 4.69) is 20.9 Å². The maximum Gasteiger partial charge on any atom is 0.251 e. The van der Waals surface area contributed by atoms with Crippen LogP contribution in [-0.2, 0) is 11.3 Å². The Morgan fingerprint density at radius 3 is 2.88 bits per heavy atom. The Bertz CT molecular complexity index is 708. The molecule has 132 valence electrons. The van der Waals surface area contributed by atoms with Crippen LogP contribution in [-0.4, -0.2) is 40.5 Å². The summed E-state index contributed by atoms with van der Waals surface area (Å²) in [6.45, 7) is 2.43. The van der Waals surface area contributed by atoms with Gasteiger partial charge in [-0.15, -0.1) is 0 Å². The van der Waals surface area contributed by atoms with Gasteiger partial charge in [0.1, 0.15) is 0 Å². The molecule has 3 N–H and O–H groups in total. The number of carbonyl (C=O) groups excluding carboxylic acids is 2. The van der Waals surface area contributed by atoms with Crippen LogP contribution in [0.3, 0.4) is 0 Å². The molecule has 0 radical (unpaired) electrons. The number of aryl methyl sites for hydroxylation is 1. The molecule has 0 unspecified atom stereocenters. The van der Waals surface area contributed by atoms with Gasteiger partial charge in [0.05, 0.1) is 6.33 Å². The van der Waals surface area contributed by atoms with Gasteiger partial charge in [-0.25, -0.2) is 4.98 Å². The lowest BCUT2D eigenvalue weighted by Crippen LogP contribution is -2.42. The Morgan fingerprint density at radius 1 is 1.28 bits per heavy atom. The minimum Gasteiger partial charge on any atom is -0.349 e. The lowest BCUT2D eigenvalue weighted by atomic mass is 10.1. The van der Waals surface area contributed by atoms with Crippen molar-refractivity contribution in [3.8, 4) is 0 Å². The van der Waals surface area contributed by atoms with E-state index in [1.807, 2.05) is 10.8 Å². The first kappa shape index (κ1) is 17.2. The number of nitrogens with one attached hydrogen (secondary N) is 3. The van der Waals surface area contributed by atoms with Gasteiger partial charge in [-0.2, -0.15) is 0 Å². The first-order valence-electron chi connectivity index (χ1n) is 8.58. The molecule has 0 aliphatic carbocycles. The van der Waals surface area contributed by atoms with Crippen LogP contribution in [0.2, 0.25) is 0 Å². The number of carbonyl (C=O) groups is 2. The summed E-state index contributed by atoms with van der Waals surface area (Å²) in [5.74, 6) is -0.189. The van der Waals surface area contributed by atoms with Crippen molar-refractivity contribution in [1.29, 1.82) is 0 Å². The van der Waals surface area contributed by atoms with E-state index in [0.717, 1.165) is 25.9 Å². The van der Waals surface area contributed by atoms with Crippen LogP contribution in [0.5, 0.6) is 0 Å². The molecule has 0 atom stereocenters. The topological polar surface area (TPSA) is 88.0 Å². The highest BCUT2D eigenvalue weighted by Crippen LogP contribution is 2.12. The van der Waals surface area contributed by atoms with E-state index in [1.54, 1.807) is 36.8 Å². The van der Waals surface area contributed by atoms with E-state index in [-0.39, 0.29) is 17.9 Å². The molecule has 0 spiro atoms. The Balaban J connectivity index is 1.53. The molecule has 0 bridgehead atoms. The molecular formula is C18H23N5O2. The molecule has 1 saturated heterocycles. The number of nitrogens with zero attached hydrogens (tertiary/aromatic N) is 2. The van der Waals surface area contributed by atoms with E-state index >= 15 is 0 Å². The monoisotopic (exact) mass is 341 g/mol. The zero-order valence-corrected chi connectivity index (χ0v) is 14.1. The molecule has 2 heterocycles. The third kappa shape index (κ3) is 5.15. The van der Waals surface area contributed by atoms with Crippen molar-refractivity contribution in [2.75, 3.05) is 18.4 Å². The normalized spacial score (nSPS) is 14.9. The van der Waals surface area contributed by atoms with Gasteiger partial charge in [-0.05, 0) is 44.1 Å². The Hall–Kier alpha value is -2.67. The third-order valence-electron chi connectivity index (χ3n) is 4.24. The van der Waals surface area contributed by atoms with Crippen LogP contribution < -0.4 is 16.0 Å². The van der Waals surface area contributed by atoms with Gasteiger partial charge in [-0.1, -0.05) is 6.07 Å². The van der Waals surface area contributed by atoms with Gasteiger partial charge in [-0.3, -0.25) is 9.59 Å². The maximum atomic E-state index is 12.4. The zero-order valence-electron chi connectivity index (χ0n) is 14.1. The van der Waals surface area contributed by atoms with Gasteiger partial charge in [0.2, 0.25) is 5.91 Å². The second-order valence-electron chi connectivity index (χ2n) is 6.18. The summed E-state index contributed by atoms with van der Waals surface area (Å²) in [6.07, 6.45) is 7.41. The SMILES string of the molecule is O=C(CCn1ccnc1)Nc1cccc(C(=O)NC2CCNCC2)c1. The largest absolute Gasteiger partial charge is 0.349 e. The summed E-state index contributed by atoms with van der Waals surface area (Å²) in [7, 11) is 0. The number of hydrogen-bond donors (Lipinski definition) is 3. The fourth-order valence-electron chi connectivity index (χ4n) is 2.85. The molecule has 7 nitrogen and oxygen atoms in total. The smallest absolute Gasteiger partial charge is 0.251 e. The number of benzene rings is 1. The Labute approximate surface area is 146 Å². The van der Waals surface area contributed by atoms with Gasteiger partial charge < -0.3 is 20.5 Å². The number of hydrogen-bond acceptors (Lipinski definition) is 4. The molecular weight excluding hydrogens is 318 g/mol. The molecule has 7 heteroatoms. The number of aromatic nitrogens is 2. The highest BCUT2D eigenvalue weighted by atomic mass is 16.2. The van der Waals surface area contributed by atoms with E-state index in [4.69, 9.17) is 0 Å². The van der Waals surface area contributed by atoms with Crippen LogP contribution in [0.1, 0.15) is 29.6 Å². The number of rotatable bonds is 6. The average molecular weight is 341 g/mol. The van der Waals surface area contributed by atoms with Crippen molar-refractivity contribution in [3.63, 3.8) is 0 Å². The lowest BCUT2D eigenvalue weighted by molar-refractivity contribution is -0.116. The first-order chi connectivity index (χ1) is 12.2. The Kier molecular flexibility index (Phi) is 5.79. The number of piperidine rings is 1. The van der Waals surface area contributed by atoms with Crippen LogP contribution in [0.15, 0.2) is 43.0 Å². The van der Waals surface area contributed by atoms with Crippen molar-refractivity contribution in [2.45, 2.75) is 31.8 Å². The summed E-state index contributed by atoms with van der Waals surface area (Å²) in [6, 6.07) is 7.25. The predicted molar refractivity (Wildman–Crippen MR) is 95.3 cm³/mol. The first-order valence-corrected chi connectivity index (χ1v) is 8.58. The van der Waals surface area contributed by atoms with Gasteiger partial charge in [0.25, 0.3) is 5.91 Å². The number of imidazole rings is 1. The molecule has 1 aromatic carbocycles. The summed E-state index contributed by atoms with van der Waals surface area (Å²) >= 11 is 0. The molecule has 1 aromatic heterocycles. The van der Waals surface area contributed by atoms with Crippen molar-refractivity contribution in [1.82, 2.24) is 20.2 Å². The molecule has 2 aromatic rings. The van der Waals surface area contributed by atoms with Crippen LogP contribution >= 0.6 is 0 Å². The predicted octanol–water partition coefficient (Wildman–Crippen LogP) is 1.39. The second-order valence-corrected chi connectivity index (χ2v) is 6.18. The highest BCUT2D eigenvalue weighted by molar-refractivity contribution is 5.97. The molecule has 1 fully saturated rings. The summed E-state index contributed by atoms with van der Waals surface area (Å²) in [4.78, 5) is 28.4. The van der Waals surface area contributed by atoms with E-state index in [9.17, 15) is 9.59 Å². The molecule has 2 amide bonds. The fourth-order valence-corrected chi connectivity index (χ4v) is 2.85. The average Bonchev–Trinajstić information content (AvgIpc) is 3.15. The Morgan fingerprint density at radius 2 is 2.12 bits per heavy atom. The second kappa shape index (κ2) is 8.43. The fraction of sp³-hybridized carbons (Fsp3) is 0.389. The van der Waals surface area contributed by atoms with Gasteiger partial charge in [0, 0.05) is 42.7 Å². The summed E-state index contributed by atoms with van der Waals surface area (Å²) < 4.78 is 1.85. The zero-order chi connectivity index (χ0) is 17.5. The summed E-state index contributed by atoms with van der Waals surface area (Å²) in [5.41, 5.74) is 1.19. The molecule has 0 saturated carbocycles. The lowest BCUT2D eigenvalue weighted by Gasteiger charge is -2.23. The van der Waals surface area contributed by atoms with Crippen LogP contribution in [0, 0.1) is 0 Å². The highest BCUT2D eigenvalue weighted by Gasteiger charge is 2.16. The van der Waals surface area contributed by atoms with Crippen molar-refractivity contribution >= 4 is 17.5 Å². The van der Waals surface area contributed by atoms with Crippen molar-refractivity contribution in [3.05, 3.63) is 48.5 Å². The van der Waals surface area contributed by atoms with Crippen molar-refractivity contribution in [2.24, 2.45) is 0 Å². The standard InChI is InChI=1S/C18H23N5O2/c24-17(6-10-23-11-9-20-13-23)21-16-3-1-2-14(12-16)18(25)22-15-4-7-19-8-5-15/h1-3,9,11-13,15,19H,4-8,10H2,(H,21,24)(H,22,25). The minimum atomic E-state index is -0.0959. The summed E-state index contributed by atoms with van der Waals surface area (Å²) in [5, 5.41) is 9.17.